The summed E-state index contributed by atoms with van der Waals surface area (Å²) in [4.78, 5) is 12.2. The maximum absolute atomic E-state index is 12.2. The zero-order valence-corrected chi connectivity index (χ0v) is 13.4. The summed E-state index contributed by atoms with van der Waals surface area (Å²) in [5.41, 5.74) is 2.24. The number of rotatable bonds is 4. The zero-order valence-electron chi connectivity index (χ0n) is 13.4. The highest BCUT2D eigenvalue weighted by atomic mass is 16.5. The third-order valence-electron chi connectivity index (χ3n) is 4.90. The van der Waals surface area contributed by atoms with Gasteiger partial charge in [-0.05, 0) is 30.7 Å². The number of carbonyl (C=O) groups is 1. The van der Waals surface area contributed by atoms with E-state index in [1.807, 2.05) is 6.07 Å². The molecule has 3 nitrogen and oxygen atoms in total. The van der Waals surface area contributed by atoms with Crippen molar-refractivity contribution >= 4 is 5.78 Å². The minimum atomic E-state index is 0.0877. The Labute approximate surface area is 127 Å². The summed E-state index contributed by atoms with van der Waals surface area (Å²) in [6.07, 6.45) is 10.6. The fourth-order valence-electron chi connectivity index (χ4n) is 3.76. The van der Waals surface area contributed by atoms with Gasteiger partial charge in [-0.3, -0.25) is 4.79 Å². The monoisotopic (exact) mass is 289 g/mol. The van der Waals surface area contributed by atoms with E-state index in [-0.39, 0.29) is 5.41 Å². The van der Waals surface area contributed by atoms with Gasteiger partial charge in [0.2, 0.25) is 0 Å². The molecule has 1 saturated carbocycles. The highest BCUT2D eigenvalue weighted by molar-refractivity contribution is 5.98. The largest absolute Gasteiger partial charge is 0.376 e. The van der Waals surface area contributed by atoms with Gasteiger partial charge >= 0.3 is 0 Å². The third-order valence-corrected chi connectivity index (χ3v) is 4.90. The maximum Gasteiger partial charge on any atom is 0.165 e. The van der Waals surface area contributed by atoms with Gasteiger partial charge in [-0.25, -0.2) is 0 Å². The molecular formula is C18H27NO2. The van der Waals surface area contributed by atoms with Gasteiger partial charge in [-0.2, -0.15) is 0 Å². The van der Waals surface area contributed by atoms with Crippen LogP contribution >= 0.6 is 0 Å². The summed E-state index contributed by atoms with van der Waals surface area (Å²) in [5.74, 6) is 0.299. The number of nitrogens with zero attached hydrogens (tertiary/aromatic N) is 1. The number of fused-ring (bicyclic) bond motifs is 1. The van der Waals surface area contributed by atoms with Crippen molar-refractivity contribution in [3.8, 4) is 0 Å². The molecule has 1 fully saturated rings. The number of hydrogen-bond acceptors (Lipinski definition) is 2. The van der Waals surface area contributed by atoms with Crippen LogP contribution in [-0.4, -0.2) is 23.1 Å². The van der Waals surface area contributed by atoms with Crippen molar-refractivity contribution in [1.29, 1.82) is 0 Å². The molecule has 1 heterocycles. The van der Waals surface area contributed by atoms with Crippen LogP contribution in [0, 0.1) is 5.41 Å². The number of ether oxygens (including phenoxy) is 1. The second-order valence-corrected chi connectivity index (χ2v) is 7.44. The fourth-order valence-corrected chi connectivity index (χ4v) is 3.76. The topological polar surface area (TPSA) is 31.2 Å². The lowest BCUT2D eigenvalue weighted by Crippen LogP contribution is -2.28. The molecule has 0 amide bonds. The predicted molar refractivity (Wildman–Crippen MR) is 83.7 cm³/mol. The van der Waals surface area contributed by atoms with E-state index in [1.54, 1.807) is 0 Å². The molecule has 1 aromatic rings. The zero-order chi connectivity index (χ0) is 14.9. The van der Waals surface area contributed by atoms with Crippen molar-refractivity contribution in [2.45, 2.75) is 71.4 Å². The van der Waals surface area contributed by atoms with Crippen molar-refractivity contribution in [3.05, 3.63) is 23.5 Å². The Morgan fingerprint density at radius 2 is 2.00 bits per heavy atom. The smallest absolute Gasteiger partial charge is 0.165 e. The van der Waals surface area contributed by atoms with Crippen LogP contribution in [0.4, 0.5) is 0 Å². The Bertz CT molecular complexity index is 509. The van der Waals surface area contributed by atoms with Gasteiger partial charge in [0.15, 0.2) is 5.78 Å². The average molecular weight is 289 g/mol. The van der Waals surface area contributed by atoms with Crippen LogP contribution in [-0.2, 0) is 17.7 Å². The van der Waals surface area contributed by atoms with E-state index in [0.717, 1.165) is 25.1 Å². The van der Waals surface area contributed by atoms with E-state index in [4.69, 9.17) is 4.74 Å². The van der Waals surface area contributed by atoms with Crippen LogP contribution in [0.5, 0.6) is 0 Å². The summed E-state index contributed by atoms with van der Waals surface area (Å²) in [6.45, 7) is 6.00. The van der Waals surface area contributed by atoms with Crippen LogP contribution in [0.25, 0.3) is 0 Å². The van der Waals surface area contributed by atoms with Crippen LogP contribution in [0.15, 0.2) is 12.3 Å². The number of aromatic nitrogens is 1. The van der Waals surface area contributed by atoms with Gasteiger partial charge in [0, 0.05) is 30.4 Å². The van der Waals surface area contributed by atoms with Gasteiger partial charge < -0.3 is 9.30 Å². The lowest BCUT2D eigenvalue weighted by molar-refractivity contribution is 0.0236. The molecule has 2 aliphatic rings. The summed E-state index contributed by atoms with van der Waals surface area (Å²) in [7, 11) is 0. The van der Waals surface area contributed by atoms with Crippen LogP contribution in [0.1, 0.15) is 68.4 Å². The van der Waals surface area contributed by atoms with E-state index in [9.17, 15) is 4.79 Å². The standard InChI is InChI=1S/C18H27NO2/c1-18(2)12-16-15(17(20)13-18)8-9-19(16)10-11-21-14-6-4-3-5-7-14/h8-9,14H,3-7,10-13H2,1-2H3. The predicted octanol–water partition coefficient (Wildman–Crippen LogP) is 3.99. The molecule has 0 aliphatic heterocycles. The van der Waals surface area contributed by atoms with Gasteiger partial charge in [-0.15, -0.1) is 0 Å². The second-order valence-electron chi connectivity index (χ2n) is 7.44. The van der Waals surface area contributed by atoms with Crippen molar-refractivity contribution in [2.75, 3.05) is 6.61 Å². The van der Waals surface area contributed by atoms with Gasteiger partial charge in [0.25, 0.3) is 0 Å². The summed E-state index contributed by atoms with van der Waals surface area (Å²) in [6, 6.07) is 1.99. The first-order chi connectivity index (χ1) is 10.1. The Morgan fingerprint density at radius 3 is 2.76 bits per heavy atom. The van der Waals surface area contributed by atoms with Crippen molar-refractivity contribution in [1.82, 2.24) is 4.57 Å². The summed E-state index contributed by atoms with van der Waals surface area (Å²) in [5, 5.41) is 0. The van der Waals surface area contributed by atoms with Crippen LogP contribution < -0.4 is 0 Å². The van der Waals surface area contributed by atoms with Crippen molar-refractivity contribution < 1.29 is 9.53 Å². The molecular weight excluding hydrogens is 262 g/mol. The van der Waals surface area contributed by atoms with E-state index in [1.165, 1.54) is 37.8 Å². The Kier molecular flexibility index (Phi) is 4.21. The minimum Gasteiger partial charge on any atom is -0.376 e. The van der Waals surface area contributed by atoms with Gasteiger partial charge in [0.05, 0.1) is 12.7 Å². The quantitative estimate of drug-likeness (QED) is 0.839. The molecule has 2 aliphatic carbocycles. The first-order valence-corrected chi connectivity index (χ1v) is 8.38. The molecule has 21 heavy (non-hydrogen) atoms. The van der Waals surface area contributed by atoms with Crippen LogP contribution in [0.3, 0.4) is 0 Å². The Hall–Kier alpha value is -1.09. The molecule has 0 bridgehead atoms. The molecule has 3 rings (SSSR count). The van der Waals surface area contributed by atoms with E-state index >= 15 is 0 Å². The van der Waals surface area contributed by atoms with Gasteiger partial charge in [0.1, 0.15) is 0 Å². The normalized spacial score (nSPS) is 22.3. The molecule has 3 heteroatoms. The Morgan fingerprint density at radius 1 is 1.24 bits per heavy atom. The van der Waals surface area contributed by atoms with Gasteiger partial charge in [-0.1, -0.05) is 33.1 Å². The van der Waals surface area contributed by atoms with Crippen LogP contribution in [0.2, 0.25) is 0 Å². The number of ketones is 1. The lowest BCUT2D eigenvalue weighted by Gasteiger charge is -2.30. The lowest BCUT2D eigenvalue weighted by atomic mass is 9.76. The molecule has 116 valence electrons. The average Bonchev–Trinajstić information content (AvgIpc) is 2.82. The minimum absolute atomic E-state index is 0.0877. The molecule has 0 N–H and O–H groups in total. The molecule has 0 radical (unpaired) electrons. The number of Topliss-reactive ketones (excluding diaryl/α,β-unsaturated/α-hetero) is 1. The molecule has 0 saturated heterocycles. The molecule has 0 atom stereocenters. The molecule has 1 aromatic heterocycles. The molecule has 0 aromatic carbocycles. The first kappa shape index (κ1) is 14.8. The van der Waals surface area contributed by atoms with Crippen molar-refractivity contribution in [3.63, 3.8) is 0 Å². The second kappa shape index (κ2) is 5.96. The number of hydrogen-bond donors (Lipinski definition) is 0. The Balaban J connectivity index is 1.60. The SMILES string of the molecule is CC1(C)CC(=O)c2ccn(CCOC3CCCCC3)c2C1. The summed E-state index contributed by atoms with van der Waals surface area (Å²) >= 11 is 0. The first-order valence-electron chi connectivity index (χ1n) is 8.38. The third kappa shape index (κ3) is 3.39. The van der Waals surface area contributed by atoms with E-state index < -0.39 is 0 Å². The highest BCUT2D eigenvalue weighted by Crippen LogP contribution is 2.35. The summed E-state index contributed by atoms with van der Waals surface area (Å²) < 4.78 is 8.25. The van der Waals surface area contributed by atoms with E-state index in [0.29, 0.717) is 18.3 Å². The fraction of sp³-hybridized carbons (Fsp3) is 0.722. The maximum atomic E-state index is 12.2. The highest BCUT2D eigenvalue weighted by Gasteiger charge is 2.32. The molecule has 0 unspecified atom stereocenters. The molecule has 0 spiro atoms. The van der Waals surface area contributed by atoms with Crippen molar-refractivity contribution in [2.24, 2.45) is 5.41 Å². The van der Waals surface area contributed by atoms with E-state index in [2.05, 4.69) is 24.6 Å². The number of carbonyl (C=O) groups excluding carboxylic acids is 1.